The van der Waals surface area contributed by atoms with Gasteiger partial charge in [-0.05, 0) is 89.9 Å². The molecule has 0 saturated heterocycles. The Morgan fingerprint density at radius 2 is 0.512 bits per heavy atom. The highest BCUT2D eigenvalue weighted by molar-refractivity contribution is 5.71. The SMILES string of the molecule is CC/C=C\C/C=C\C/C=C\C/C=C\C/C=C\C/C=C\CCC(=O)OC(COC(=O)CCCCCCC/C=C\C/C=C\CCCCC)COC(=O)CCCCCCCCCCCCCCCCCCCCCCCCCCCCCC. The number of esters is 3. The summed E-state index contributed by atoms with van der Waals surface area (Å²) < 4.78 is 16.9. The molecule has 0 saturated carbocycles. The summed E-state index contributed by atoms with van der Waals surface area (Å²) in [7, 11) is 0. The Bertz CT molecular complexity index is 1560. The average Bonchev–Trinajstić information content (AvgIpc) is 3.46. The molecule has 0 aromatic rings. The Labute approximate surface area is 496 Å². The summed E-state index contributed by atoms with van der Waals surface area (Å²) in [6.07, 6.45) is 91.7. The normalized spacial score (nSPS) is 12.7. The zero-order valence-corrected chi connectivity index (χ0v) is 52.8. The van der Waals surface area contributed by atoms with Gasteiger partial charge in [-0.15, -0.1) is 0 Å². The Hall–Kier alpha value is -3.67. The highest BCUT2D eigenvalue weighted by atomic mass is 16.6. The second-order valence-corrected chi connectivity index (χ2v) is 22.7. The van der Waals surface area contributed by atoms with Gasteiger partial charge in [0.15, 0.2) is 6.10 Å². The predicted octanol–water partition coefficient (Wildman–Crippen LogP) is 23.6. The molecule has 1 unspecified atom stereocenters. The standard InChI is InChI=1S/C74H128O6/c1-4-7-10-13-16-19-22-25-28-30-32-33-34-35-36-37-38-39-40-42-43-46-49-52-55-58-61-64-67-73(76)79-70-71(69-78-72(75)66-63-60-57-54-51-48-45-27-24-21-18-15-12-9-6-3)80-74(77)68-65-62-59-56-53-50-47-44-41-31-29-26-23-20-17-14-11-8-5-2/h8,11,17-18,20-21,26-27,29,41,44-45,50,53,59,62,71H,4-7,9-10,12-16,19,22-25,28,30-40,42-43,46-49,51-52,54-58,60-61,63-70H2,1-3H3/b11-8-,20-17-,21-18-,29-26-,44-41-,45-27-,53-50-,62-59-. The molecule has 0 aliphatic rings. The number of ether oxygens (including phenoxy) is 3. The van der Waals surface area contributed by atoms with Crippen LogP contribution in [0, 0.1) is 0 Å². The molecule has 0 aliphatic carbocycles. The summed E-state index contributed by atoms with van der Waals surface area (Å²) in [5.74, 6) is -0.997. The van der Waals surface area contributed by atoms with E-state index in [1.807, 2.05) is 6.08 Å². The van der Waals surface area contributed by atoms with Crippen molar-refractivity contribution in [1.29, 1.82) is 0 Å². The van der Waals surface area contributed by atoms with Crippen LogP contribution in [0.5, 0.6) is 0 Å². The van der Waals surface area contributed by atoms with Crippen LogP contribution in [0.25, 0.3) is 0 Å². The zero-order chi connectivity index (χ0) is 57.8. The molecule has 460 valence electrons. The summed E-state index contributed by atoms with van der Waals surface area (Å²) in [6.45, 7) is 6.47. The van der Waals surface area contributed by atoms with Gasteiger partial charge in [0.2, 0.25) is 0 Å². The molecule has 0 amide bonds. The van der Waals surface area contributed by atoms with Crippen molar-refractivity contribution in [2.45, 2.75) is 341 Å². The summed E-state index contributed by atoms with van der Waals surface area (Å²) in [6, 6.07) is 0. The first-order chi connectivity index (χ1) is 39.5. The second kappa shape index (κ2) is 67.8. The van der Waals surface area contributed by atoms with Crippen molar-refractivity contribution in [3.8, 4) is 0 Å². The highest BCUT2D eigenvalue weighted by Gasteiger charge is 2.19. The van der Waals surface area contributed by atoms with Crippen molar-refractivity contribution in [3.63, 3.8) is 0 Å². The molecule has 0 rings (SSSR count). The monoisotopic (exact) mass is 1110 g/mol. The number of allylic oxidation sites excluding steroid dienone is 16. The highest BCUT2D eigenvalue weighted by Crippen LogP contribution is 2.18. The Balaban J connectivity index is 4.34. The van der Waals surface area contributed by atoms with E-state index in [2.05, 4.69) is 112 Å². The van der Waals surface area contributed by atoms with Gasteiger partial charge in [-0.3, -0.25) is 14.4 Å². The number of unbranched alkanes of at least 4 members (excludes halogenated alkanes) is 35. The van der Waals surface area contributed by atoms with Crippen LogP contribution in [0.3, 0.4) is 0 Å². The van der Waals surface area contributed by atoms with Gasteiger partial charge in [-0.1, -0.05) is 323 Å². The van der Waals surface area contributed by atoms with Gasteiger partial charge in [0, 0.05) is 19.3 Å². The Morgan fingerprint density at radius 1 is 0.263 bits per heavy atom. The Morgan fingerprint density at radius 3 is 0.838 bits per heavy atom. The number of carbonyl (C=O) groups is 3. The number of carbonyl (C=O) groups excluding carboxylic acids is 3. The van der Waals surface area contributed by atoms with Crippen molar-refractivity contribution in [2.75, 3.05) is 13.2 Å². The smallest absolute Gasteiger partial charge is 0.306 e. The van der Waals surface area contributed by atoms with Gasteiger partial charge >= 0.3 is 17.9 Å². The number of hydrogen-bond donors (Lipinski definition) is 0. The van der Waals surface area contributed by atoms with E-state index < -0.39 is 12.1 Å². The summed E-state index contributed by atoms with van der Waals surface area (Å²) in [5.41, 5.74) is 0. The van der Waals surface area contributed by atoms with Crippen molar-refractivity contribution < 1.29 is 28.6 Å². The molecule has 0 spiro atoms. The van der Waals surface area contributed by atoms with Crippen LogP contribution in [-0.4, -0.2) is 37.2 Å². The fraction of sp³-hybridized carbons (Fsp3) is 0.743. The third kappa shape index (κ3) is 65.1. The van der Waals surface area contributed by atoms with Gasteiger partial charge in [0.05, 0.1) is 0 Å². The van der Waals surface area contributed by atoms with E-state index in [4.69, 9.17) is 14.2 Å². The van der Waals surface area contributed by atoms with Gasteiger partial charge in [0.1, 0.15) is 13.2 Å². The molecule has 80 heavy (non-hydrogen) atoms. The minimum absolute atomic E-state index is 0.110. The van der Waals surface area contributed by atoms with E-state index in [9.17, 15) is 14.4 Å². The lowest BCUT2D eigenvalue weighted by molar-refractivity contribution is -0.166. The largest absolute Gasteiger partial charge is 0.462 e. The lowest BCUT2D eigenvalue weighted by atomic mass is 10.0. The van der Waals surface area contributed by atoms with Crippen molar-refractivity contribution >= 4 is 17.9 Å². The molecule has 0 radical (unpaired) electrons. The van der Waals surface area contributed by atoms with Crippen LogP contribution in [0.1, 0.15) is 335 Å². The number of rotatable bonds is 62. The first-order valence-corrected chi connectivity index (χ1v) is 34.2. The summed E-state index contributed by atoms with van der Waals surface area (Å²) >= 11 is 0. The first-order valence-electron chi connectivity index (χ1n) is 34.2. The maximum atomic E-state index is 12.9. The van der Waals surface area contributed by atoms with Crippen LogP contribution < -0.4 is 0 Å². The van der Waals surface area contributed by atoms with Crippen LogP contribution >= 0.6 is 0 Å². The molecule has 6 nitrogen and oxygen atoms in total. The molecule has 0 aromatic heterocycles. The Kier molecular flexibility index (Phi) is 64.7. The van der Waals surface area contributed by atoms with E-state index in [0.29, 0.717) is 19.3 Å². The molecule has 0 N–H and O–H groups in total. The van der Waals surface area contributed by atoms with Crippen molar-refractivity contribution in [3.05, 3.63) is 97.2 Å². The van der Waals surface area contributed by atoms with E-state index in [-0.39, 0.29) is 31.6 Å². The minimum Gasteiger partial charge on any atom is -0.462 e. The van der Waals surface area contributed by atoms with E-state index in [0.717, 1.165) is 103 Å². The maximum absolute atomic E-state index is 12.9. The van der Waals surface area contributed by atoms with Crippen LogP contribution in [0.4, 0.5) is 0 Å². The quantitative estimate of drug-likeness (QED) is 0.0261. The van der Waals surface area contributed by atoms with Gasteiger partial charge in [0.25, 0.3) is 0 Å². The molecule has 0 heterocycles. The molecule has 1 atom stereocenters. The molecular weight excluding hydrogens is 985 g/mol. The molecular formula is C74H128O6. The van der Waals surface area contributed by atoms with Gasteiger partial charge in [-0.25, -0.2) is 0 Å². The maximum Gasteiger partial charge on any atom is 0.306 e. The van der Waals surface area contributed by atoms with Crippen molar-refractivity contribution in [1.82, 2.24) is 0 Å². The lowest BCUT2D eigenvalue weighted by Gasteiger charge is -2.18. The van der Waals surface area contributed by atoms with Crippen molar-refractivity contribution in [2.24, 2.45) is 0 Å². The topological polar surface area (TPSA) is 78.9 Å². The molecule has 0 aliphatic heterocycles. The average molecular weight is 1110 g/mol. The van der Waals surface area contributed by atoms with E-state index in [1.165, 1.54) is 186 Å². The predicted molar refractivity (Wildman–Crippen MR) is 348 cm³/mol. The summed E-state index contributed by atoms with van der Waals surface area (Å²) in [5, 5.41) is 0. The third-order valence-electron chi connectivity index (χ3n) is 14.8. The van der Waals surface area contributed by atoms with Crippen LogP contribution in [0.15, 0.2) is 97.2 Å². The minimum atomic E-state index is -0.825. The van der Waals surface area contributed by atoms with Gasteiger partial charge in [-0.2, -0.15) is 0 Å². The molecule has 0 fully saturated rings. The zero-order valence-electron chi connectivity index (χ0n) is 52.8. The van der Waals surface area contributed by atoms with E-state index >= 15 is 0 Å². The molecule has 0 aromatic carbocycles. The van der Waals surface area contributed by atoms with Gasteiger partial charge < -0.3 is 14.2 Å². The van der Waals surface area contributed by atoms with Crippen LogP contribution in [-0.2, 0) is 28.6 Å². The van der Waals surface area contributed by atoms with Crippen LogP contribution in [0.2, 0.25) is 0 Å². The first kappa shape index (κ1) is 76.3. The fourth-order valence-electron chi connectivity index (χ4n) is 9.74. The van der Waals surface area contributed by atoms with E-state index in [1.54, 1.807) is 0 Å². The fourth-order valence-corrected chi connectivity index (χ4v) is 9.74. The lowest BCUT2D eigenvalue weighted by Crippen LogP contribution is -2.30. The summed E-state index contributed by atoms with van der Waals surface area (Å²) in [4.78, 5) is 38.3. The molecule has 0 bridgehead atoms. The number of hydrogen-bond acceptors (Lipinski definition) is 6. The third-order valence-corrected chi connectivity index (χ3v) is 14.8. The molecule has 6 heteroatoms. The second-order valence-electron chi connectivity index (χ2n) is 22.7.